The largest absolute Gasteiger partial charge is 0.353 e. The van der Waals surface area contributed by atoms with Crippen molar-refractivity contribution in [2.75, 3.05) is 35.8 Å². The molecule has 2 rings (SSSR count). The van der Waals surface area contributed by atoms with Gasteiger partial charge in [-0.3, -0.25) is 0 Å². The zero-order chi connectivity index (χ0) is 14.8. The molecule has 1 atom stereocenters. The van der Waals surface area contributed by atoms with Gasteiger partial charge < -0.3 is 10.6 Å². The second kappa shape index (κ2) is 6.56. The normalized spacial score (nSPS) is 20.1. The summed E-state index contributed by atoms with van der Waals surface area (Å²) < 4.78 is 23.8. The minimum atomic E-state index is -3.11. The van der Waals surface area contributed by atoms with E-state index in [0.717, 1.165) is 30.0 Å². The average molecular weight is 335 g/mol. The number of hydrogen-bond donors (Lipinski definition) is 1. The van der Waals surface area contributed by atoms with Crippen molar-refractivity contribution in [3.8, 4) is 0 Å². The van der Waals surface area contributed by atoms with Gasteiger partial charge in [0.25, 0.3) is 0 Å². The van der Waals surface area contributed by atoms with Crippen LogP contribution in [-0.4, -0.2) is 44.6 Å². The van der Waals surface area contributed by atoms with Crippen molar-refractivity contribution in [1.29, 1.82) is 0 Å². The highest BCUT2D eigenvalue weighted by molar-refractivity contribution is 8.01. The third-order valence-corrected chi connectivity index (χ3v) is 6.36. The molecule has 0 radical (unpaired) electrons. The van der Waals surface area contributed by atoms with Crippen molar-refractivity contribution in [2.24, 2.45) is 5.73 Å². The first-order valence-electron chi connectivity index (χ1n) is 6.45. The van der Waals surface area contributed by atoms with E-state index in [4.69, 9.17) is 17.3 Å². The van der Waals surface area contributed by atoms with Gasteiger partial charge in [-0.1, -0.05) is 17.7 Å². The molecule has 4 nitrogen and oxygen atoms in total. The Morgan fingerprint density at radius 1 is 1.50 bits per heavy atom. The number of anilines is 1. The third kappa shape index (κ3) is 3.61. The molecule has 0 aromatic heterocycles. The average Bonchev–Trinajstić information content (AvgIpc) is 2.40. The van der Waals surface area contributed by atoms with Gasteiger partial charge in [0.2, 0.25) is 0 Å². The van der Waals surface area contributed by atoms with E-state index in [1.165, 1.54) is 6.26 Å². The molecule has 0 spiro atoms. The van der Waals surface area contributed by atoms with Gasteiger partial charge in [0.15, 0.2) is 9.84 Å². The summed E-state index contributed by atoms with van der Waals surface area (Å²) in [5.41, 5.74) is 7.41. The van der Waals surface area contributed by atoms with Crippen LogP contribution in [0.4, 0.5) is 5.69 Å². The van der Waals surface area contributed by atoms with Crippen LogP contribution in [0.3, 0.4) is 0 Å². The number of halogens is 1. The molecule has 112 valence electrons. The quantitative estimate of drug-likeness (QED) is 0.909. The fraction of sp³-hybridized carbons (Fsp3) is 0.538. The van der Waals surface area contributed by atoms with Crippen LogP contribution in [0.1, 0.15) is 5.56 Å². The highest BCUT2D eigenvalue weighted by atomic mass is 35.5. The summed E-state index contributed by atoms with van der Waals surface area (Å²) in [6, 6.07) is 5.72. The Labute approximate surface area is 129 Å². The van der Waals surface area contributed by atoms with Gasteiger partial charge in [0, 0.05) is 35.0 Å². The Bertz CT molecular complexity index is 578. The molecule has 1 aliphatic rings. The Hall–Kier alpha value is -0.430. The van der Waals surface area contributed by atoms with E-state index in [9.17, 15) is 8.42 Å². The van der Waals surface area contributed by atoms with Crippen molar-refractivity contribution < 1.29 is 8.42 Å². The number of hydrogen-bond acceptors (Lipinski definition) is 5. The monoisotopic (exact) mass is 334 g/mol. The van der Waals surface area contributed by atoms with E-state index in [0.29, 0.717) is 17.3 Å². The van der Waals surface area contributed by atoms with Crippen LogP contribution < -0.4 is 10.6 Å². The minimum Gasteiger partial charge on any atom is -0.353 e. The molecule has 1 saturated heterocycles. The molecular weight excluding hydrogens is 316 g/mol. The van der Waals surface area contributed by atoms with E-state index in [-0.39, 0.29) is 0 Å². The lowest BCUT2D eigenvalue weighted by Crippen LogP contribution is -2.47. The van der Waals surface area contributed by atoms with Gasteiger partial charge in [0.05, 0.1) is 0 Å². The molecule has 1 aromatic rings. The topological polar surface area (TPSA) is 63.4 Å². The molecule has 1 unspecified atom stereocenters. The predicted molar refractivity (Wildman–Crippen MR) is 87.5 cm³/mol. The van der Waals surface area contributed by atoms with Crippen LogP contribution in [-0.2, 0) is 16.3 Å². The Kier molecular flexibility index (Phi) is 5.23. The summed E-state index contributed by atoms with van der Waals surface area (Å²) in [4.78, 5) is 1.93. The Morgan fingerprint density at radius 3 is 2.85 bits per heavy atom. The highest BCUT2D eigenvalue weighted by Crippen LogP contribution is 2.30. The van der Waals surface area contributed by atoms with E-state index < -0.39 is 15.2 Å². The molecule has 1 aliphatic heterocycles. The molecule has 0 bridgehead atoms. The van der Waals surface area contributed by atoms with E-state index >= 15 is 0 Å². The summed E-state index contributed by atoms with van der Waals surface area (Å²) in [7, 11) is -3.11. The van der Waals surface area contributed by atoms with Gasteiger partial charge in [-0.15, -0.1) is 0 Å². The van der Waals surface area contributed by atoms with Crippen LogP contribution in [0, 0.1) is 0 Å². The lowest BCUT2D eigenvalue weighted by atomic mass is 10.1. The van der Waals surface area contributed by atoms with Crippen molar-refractivity contribution in [2.45, 2.75) is 11.8 Å². The first-order valence-corrected chi connectivity index (χ1v) is 9.94. The zero-order valence-electron chi connectivity index (χ0n) is 11.4. The second-order valence-corrected chi connectivity index (χ2v) is 8.63. The standard InChI is InChI=1S/C13H19ClN2O2S2/c1-20(17,18)13-9-19-7-6-16(13)11-3-2-10(4-5-15)12(14)8-11/h2-3,8,13H,4-7,9,15H2,1H3. The van der Waals surface area contributed by atoms with E-state index in [2.05, 4.69) is 0 Å². The molecule has 1 aromatic carbocycles. The van der Waals surface area contributed by atoms with Gasteiger partial charge >= 0.3 is 0 Å². The molecule has 0 saturated carbocycles. The summed E-state index contributed by atoms with van der Waals surface area (Å²) in [5.74, 6) is 1.52. The molecule has 1 heterocycles. The minimum absolute atomic E-state index is 0.474. The summed E-state index contributed by atoms with van der Waals surface area (Å²) in [5, 5.41) is 0.177. The first kappa shape index (κ1) is 15.9. The molecule has 2 N–H and O–H groups in total. The lowest BCUT2D eigenvalue weighted by Gasteiger charge is -2.36. The summed E-state index contributed by atoms with van der Waals surface area (Å²) in [6.07, 6.45) is 2.02. The van der Waals surface area contributed by atoms with Crippen molar-refractivity contribution in [3.63, 3.8) is 0 Å². The van der Waals surface area contributed by atoms with Crippen molar-refractivity contribution in [3.05, 3.63) is 28.8 Å². The molecule has 0 aliphatic carbocycles. The highest BCUT2D eigenvalue weighted by Gasteiger charge is 2.31. The number of sulfone groups is 1. The van der Waals surface area contributed by atoms with E-state index in [1.54, 1.807) is 11.8 Å². The van der Waals surface area contributed by atoms with Gasteiger partial charge in [-0.05, 0) is 30.7 Å². The van der Waals surface area contributed by atoms with Crippen LogP contribution in [0.2, 0.25) is 5.02 Å². The first-order chi connectivity index (χ1) is 9.43. The van der Waals surface area contributed by atoms with Gasteiger partial charge in [0.1, 0.15) is 5.37 Å². The fourth-order valence-corrected chi connectivity index (χ4v) is 5.41. The van der Waals surface area contributed by atoms with Crippen LogP contribution in [0.5, 0.6) is 0 Å². The van der Waals surface area contributed by atoms with Gasteiger partial charge in [-0.2, -0.15) is 11.8 Å². The predicted octanol–water partition coefficient (Wildman–Crippen LogP) is 1.77. The smallest absolute Gasteiger partial charge is 0.169 e. The summed E-state index contributed by atoms with van der Waals surface area (Å²) >= 11 is 7.93. The van der Waals surface area contributed by atoms with Crippen LogP contribution >= 0.6 is 23.4 Å². The molecule has 1 fully saturated rings. The van der Waals surface area contributed by atoms with E-state index in [1.807, 2.05) is 23.1 Å². The van der Waals surface area contributed by atoms with Crippen molar-refractivity contribution in [1.82, 2.24) is 0 Å². The summed E-state index contributed by atoms with van der Waals surface area (Å²) in [6.45, 7) is 1.26. The zero-order valence-corrected chi connectivity index (χ0v) is 13.8. The number of rotatable bonds is 4. The maximum atomic E-state index is 11.9. The molecular formula is C13H19ClN2O2S2. The second-order valence-electron chi connectivity index (χ2n) is 4.87. The number of nitrogens with two attached hydrogens (primary N) is 1. The lowest BCUT2D eigenvalue weighted by molar-refractivity contribution is 0.584. The van der Waals surface area contributed by atoms with Gasteiger partial charge in [-0.25, -0.2) is 8.42 Å². The maximum Gasteiger partial charge on any atom is 0.169 e. The number of benzene rings is 1. The Morgan fingerprint density at radius 2 is 2.25 bits per heavy atom. The fourth-order valence-electron chi connectivity index (χ4n) is 2.30. The molecule has 0 amide bonds. The maximum absolute atomic E-state index is 11.9. The van der Waals surface area contributed by atoms with Crippen LogP contribution in [0.15, 0.2) is 18.2 Å². The number of nitrogens with zero attached hydrogens (tertiary/aromatic N) is 1. The molecule has 7 heteroatoms. The van der Waals surface area contributed by atoms with Crippen LogP contribution in [0.25, 0.3) is 0 Å². The molecule has 20 heavy (non-hydrogen) atoms. The Balaban J connectivity index is 2.31. The SMILES string of the molecule is CS(=O)(=O)C1CSCCN1c1ccc(CCN)c(Cl)c1. The third-order valence-electron chi connectivity index (χ3n) is 3.36. The number of thioether (sulfide) groups is 1. The van der Waals surface area contributed by atoms with Crippen molar-refractivity contribution >= 4 is 38.9 Å².